The summed E-state index contributed by atoms with van der Waals surface area (Å²) in [5.41, 5.74) is -0.732. The van der Waals surface area contributed by atoms with Gasteiger partial charge < -0.3 is 10.6 Å². The number of hydrogen-bond acceptors (Lipinski definition) is 3. The van der Waals surface area contributed by atoms with Crippen molar-refractivity contribution < 1.29 is 18.0 Å². The summed E-state index contributed by atoms with van der Waals surface area (Å²) in [5.74, 6) is -4.74. The number of amides is 1. The zero-order valence-corrected chi connectivity index (χ0v) is 11.5. The number of nitriles is 1. The molecule has 0 radical (unpaired) electrons. The maximum Gasteiger partial charge on any atom is 0.263 e. The van der Waals surface area contributed by atoms with Crippen LogP contribution in [0.2, 0.25) is 0 Å². The SMILES string of the molecule is N#C/C(=C/Nc1ccc(F)c(F)c1F)C(=O)NCCCCl. The van der Waals surface area contributed by atoms with Crippen LogP contribution in [0.15, 0.2) is 23.9 Å². The predicted molar refractivity (Wildman–Crippen MR) is 72.0 cm³/mol. The summed E-state index contributed by atoms with van der Waals surface area (Å²) in [4.78, 5) is 11.6. The highest BCUT2D eigenvalue weighted by Gasteiger charge is 2.13. The fraction of sp³-hybridized carbons (Fsp3) is 0.231. The summed E-state index contributed by atoms with van der Waals surface area (Å²) < 4.78 is 39.1. The second kappa shape index (κ2) is 8.17. The molecule has 0 aromatic heterocycles. The molecule has 0 bridgehead atoms. The molecule has 2 N–H and O–H groups in total. The van der Waals surface area contributed by atoms with Gasteiger partial charge in [-0.25, -0.2) is 13.2 Å². The van der Waals surface area contributed by atoms with Gasteiger partial charge in [-0.1, -0.05) is 0 Å². The number of rotatable bonds is 6. The van der Waals surface area contributed by atoms with Crippen LogP contribution in [0.3, 0.4) is 0 Å². The Balaban J connectivity index is 2.80. The lowest BCUT2D eigenvalue weighted by Gasteiger charge is -2.06. The summed E-state index contributed by atoms with van der Waals surface area (Å²) in [6, 6.07) is 3.28. The standard InChI is InChI=1S/C13H11ClF3N3O/c14-4-1-5-19-13(21)8(6-18)7-20-10-3-2-9(15)11(16)12(10)17/h2-3,7,20H,1,4-5H2,(H,19,21)/b8-7-. The Hall–Kier alpha value is -2.20. The van der Waals surface area contributed by atoms with Crippen LogP contribution in [0.1, 0.15) is 6.42 Å². The molecule has 8 heteroatoms. The van der Waals surface area contributed by atoms with Gasteiger partial charge in [0.1, 0.15) is 11.6 Å². The van der Waals surface area contributed by atoms with Gasteiger partial charge >= 0.3 is 0 Å². The Morgan fingerprint density at radius 3 is 2.67 bits per heavy atom. The first-order chi connectivity index (χ1) is 10.0. The summed E-state index contributed by atoms with van der Waals surface area (Å²) in [6.45, 7) is 0.279. The Labute approximate surface area is 124 Å². The topological polar surface area (TPSA) is 64.9 Å². The highest BCUT2D eigenvalue weighted by molar-refractivity contribution is 6.17. The first-order valence-corrected chi connectivity index (χ1v) is 6.39. The molecule has 0 atom stereocenters. The van der Waals surface area contributed by atoms with Gasteiger partial charge in [-0.05, 0) is 18.6 Å². The number of alkyl halides is 1. The molecule has 0 aliphatic rings. The lowest BCUT2D eigenvalue weighted by Crippen LogP contribution is -2.26. The number of anilines is 1. The maximum absolute atomic E-state index is 13.4. The molecular weight excluding hydrogens is 307 g/mol. The van der Waals surface area contributed by atoms with Crippen molar-refractivity contribution >= 4 is 23.2 Å². The van der Waals surface area contributed by atoms with E-state index >= 15 is 0 Å². The molecule has 4 nitrogen and oxygen atoms in total. The van der Waals surface area contributed by atoms with E-state index in [2.05, 4.69) is 10.6 Å². The number of benzene rings is 1. The minimum absolute atomic E-state index is 0.279. The van der Waals surface area contributed by atoms with E-state index in [4.69, 9.17) is 16.9 Å². The molecule has 21 heavy (non-hydrogen) atoms. The van der Waals surface area contributed by atoms with Crippen LogP contribution in [-0.4, -0.2) is 18.3 Å². The summed E-state index contributed by atoms with van der Waals surface area (Å²) in [6.07, 6.45) is 1.43. The number of nitrogens with zero attached hydrogens (tertiary/aromatic N) is 1. The van der Waals surface area contributed by atoms with E-state index in [-0.39, 0.29) is 12.1 Å². The Morgan fingerprint density at radius 1 is 1.33 bits per heavy atom. The molecule has 0 aliphatic heterocycles. The van der Waals surface area contributed by atoms with Crippen molar-refractivity contribution in [1.82, 2.24) is 5.32 Å². The lowest BCUT2D eigenvalue weighted by atomic mass is 10.2. The molecule has 0 heterocycles. The van der Waals surface area contributed by atoms with Crippen molar-refractivity contribution in [2.75, 3.05) is 17.7 Å². The van der Waals surface area contributed by atoms with Crippen LogP contribution < -0.4 is 10.6 Å². The van der Waals surface area contributed by atoms with Crippen LogP contribution in [0.4, 0.5) is 18.9 Å². The van der Waals surface area contributed by atoms with Crippen molar-refractivity contribution in [3.8, 4) is 6.07 Å². The third-order valence-electron chi connectivity index (χ3n) is 2.37. The number of carbonyl (C=O) groups is 1. The molecule has 0 spiro atoms. The summed E-state index contributed by atoms with van der Waals surface area (Å²) in [7, 11) is 0. The fourth-order valence-corrected chi connectivity index (χ4v) is 1.43. The summed E-state index contributed by atoms with van der Waals surface area (Å²) in [5, 5.41) is 13.5. The molecule has 0 unspecified atom stereocenters. The first-order valence-electron chi connectivity index (χ1n) is 5.85. The van der Waals surface area contributed by atoms with Crippen LogP contribution in [0.25, 0.3) is 0 Å². The zero-order chi connectivity index (χ0) is 15.8. The van der Waals surface area contributed by atoms with E-state index in [1.807, 2.05) is 0 Å². The molecular formula is C13H11ClF3N3O. The van der Waals surface area contributed by atoms with Crippen molar-refractivity contribution in [2.24, 2.45) is 0 Å². The van der Waals surface area contributed by atoms with E-state index in [0.29, 0.717) is 12.3 Å². The van der Waals surface area contributed by atoms with Gasteiger partial charge in [0.15, 0.2) is 17.5 Å². The average molecular weight is 318 g/mol. The largest absolute Gasteiger partial charge is 0.358 e. The minimum atomic E-state index is -1.64. The van der Waals surface area contributed by atoms with Crippen molar-refractivity contribution in [3.05, 3.63) is 41.4 Å². The second-order valence-corrected chi connectivity index (χ2v) is 4.21. The molecule has 1 aromatic rings. The Morgan fingerprint density at radius 2 is 2.05 bits per heavy atom. The molecule has 0 saturated heterocycles. The highest BCUT2D eigenvalue weighted by Crippen LogP contribution is 2.19. The second-order valence-electron chi connectivity index (χ2n) is 3.84. The average Bonchev–Trinajstić information content (AvgIpc) is 2.48. The van der Waals surface area contributed by atoms with Crippen molar-refractivity contribution in [3.63, 3.8) is 0 Å². The van der Waals surface area contributed by atoms with Gasteiger partial charge in [0.05, 0.1) is 5.69 Å². The van der Waals surface area contributed by atoms with Crippen LogP contribution >= 0.6 is 11.6 Å². The van der Waals surface area contributed by atoms with Crippen LogP contribution in [-0.2, 0) is 4.79 Å². The van der Waals surface area contributed by atoms with E-state index in [0.717, 1.165) is 18.3 Å². The number of hydrogen-bond donors (Lipinski definition) is 2. The summed E-state index contributed by atoms with van der Waals surface area (Å²) >= 11 is 5.43. The van der Waals surface area contributed by atoms with Crippen molar-refractivity contribution in [1.29, 1.82) is 5.26 Å². The van der Waals surface area contributed by atoms with Crippen molar-refractivity contribution in [2.45, 2.75) is 6.42 Å². The molecule has 1 amide bonds. The van der Waals surface area contributed by atoms with Gasteiger partial charge in [-0.15, -0.1) is 11.6 Å². The first kappa shape index (κ1) is 16.9. The van der Waals surface area contributed by atoms with Gasteiger partial charge in [0, 0.05) is 18.6 Å². The van der Waals surface area contributed by atoms with E-state index in [1.54, 1.807) is 6.07 Å². The van der Waals surface area contributed by atoms with Gasteiger partial charge in [0.25, 0.3) is 5.91 Å². The minimum Gasteiger partial charge on any atom is -0.358 e. The van der Waals surface area contributed by atoms with Crippen LogP contribution in [0.5, 0.6) is 0 Å². The van der Waals surface area contributed by atoms with Gasteiger partial charge in [0.2, 0.25) is 0 Å². The number of halogens is 4. The molecule has 1 aromatic carbocycles. The molecule has 0 aliphatic carbocycles. The molecule has 0 saturated carbocycles. The zero-order valence-electron chi connectivity index (χ0n) is 10.7. The number of carbonyl (C=O) groups excluding carboxylic acids is 1. The van der Waals surface area contributed by atoms with E-state index in [1.165, 1.54) is 0 Å². The molecule has 112 valence electrons. The maximum atomic E-state index is 13.4. The third-order valence-corrected chi connectivity index (χ3v) is 2.64. The molecule has 0 fully saturated rings. The normalized spacial score (nSPS) is 10.9. The van der Waals surface area contributed by atoms with Gasteiger partial charge in [-0.3, -0.25) is 4.79 Å². The predicted octanol–water partition coefficient (Wildman–Crippen LogP) is 2.67. The van der Waals surface area contributed by atoms with E-state index in [9.17, 15) is 18.0 Å². The smallest absolute Gasteiger partial charge is 0.263 e. The Kier molecular flexibility index (Phi) is 6.56. The monoisotopic (exact) mass is 317 g/mol. The van der Waals surface area contributed by atoms with Gasteiger partial charge in [-0.2, -0.15) is 5.26 Å². The quantitative estimate of drug-likeness (QED) is 0.279. The van der Waals surface area contributed by atoms with E-state index < -0.39 is 29.0 Å². The lowest BCUT2D eigenvalue weighted by molar-refractivity contribution is -0.117. The molecule has 1 rings (SSSR count). The number of nitrogens with one attached hydrogen (secondary N) is 2. The third kappa shape index (κ3) is 4.68. The fourth-order valence-electron chi connectivity index (χ4n) is 1.30. The highest BCUT2D eigenvalue weighted by atomic mass is 35.5. The van der Waals surface area contributed by atoms with Crippen LogP contribution in [0, 0.1) is 28.8 Å². The Bertz CT molecular complexity index is 599.